The first-order chi connectivity index (χ1) is 8.88. The van der Waals surface area contributed by atoms with Crippen molar-refractivity contribution in [2.45, 2.75) is 25.1 Å². The quantitative estimate of drug-likeness (QED) is 0.888. The van der Waals surface area contributed by atoms with Gasteiger partial charge in [0.25, 0.3) is 0 Å². The molecule has 1 saturated heterocycles. The Kier molecular flexibility index (Phi) is 3.54. The van der Waals surface area contributed by atoms with Gasteiger partial charge in [0.05, 0.1) is 0 Å². The molecule has 6 heteroatoms. The van der Waals surface area contributed by atoms with Gasteiger partial charge in [-0.05, 0) is 24.9 Å². The number of aliphatic carboxylic acids is 1. The van der Waals surface area contributed by atoms with Crippen molar-refractivity contribution in [3.63, 3.8) is 0 Å². The fourth-order valence-electron chi connectivity index (χ4n) is 2.60. The molecule has 104 valence electrons. The Morgan fingerprint density at radius 2 is 2.00 bits per heavy atom. The molecule has 2 unspecified atom stereocenters. The highest BCUT2D eigenvalue weighted by Crippen LogP contribution is 2.47. The van der Waals surface area contributed by atoms with Crippen LogP contribution in [0.4, 0.5) is 13.2 Å². The van der Waals surface area contributed by atoms with Gasteiger partial charge in [0.1, 0.15) is 0 Å². The van der Waals surface area contributed by atoms with Crippen LogP contribution in [0, 0.1) is 5.41 Å². The number of carboxylic acids is 1. The molecule has 1 fully saturated rings. The van der Waals surface area contributed by atoms with Gasteiger partial charge in [-0.15, -0.1) is 0 Å². The number of benzene rings is 1. The average Bonchev–Trinajstić information content (AvgIpc) is 2.74. The van der Waals surface area contributed by atoms with Gasteiger partial charge >= 0.3 is 12.1 Å². The first-order valence-electron chi connectivity index (χ1n) is 5.95. The molecule has 1 aromatic rings. The Balaban J connectivity index is 2.31. The molecule has 3 nitrogen and oxygen atoms in total. The van der Waals surface area contributed by atoms with Crippen molar-refractivity contribution in [2.75, 3.05) is 6.54 Å². The van der Waals surface area contributed by atoms with E-state index in [4.69, 9.17) is 5.11 Å². The molecule has 2 atom stereocenters. The zero-order valence-corrected chi connectivity index (χ0v) is 10.1. The molecule has 1 heterocycles. The van der Waals surface area contributed by atoms with Crippen LogP contribution in [-0.4, -0.2) is 29.8 Å². The molecule has 0 bridgehead atoms. The summed E-state index contributed by atoms with van der Waals surface area (Å²) in [6.45, 7) is 0.0588. The molecule has 0 saturated carbocycles. The van der Waals surface area contributed by atoms with Gasteiger partial charge in [-0.2, -0.15) is 13.2 Å². The van der Waals surface area contributed by atoms with E-state index >= 15 is 0 Å². The van der Waals surface area contributed by atoms with Crippen LogP contribution in [0.1, 0.15) is 12.0 Å². The third-order valence-corrected chi connectivity index (χ3v) is 3.68. The highest BCUT2D eigenvalue weighted by Gasteiger charge is 2.66. The minimum Gasteiger partial charge on any atom is -0.481 e. The largest absolute Gasteiger partial charge is 0.481 e. The zero-order chi connectivity index (χ0) is 14.1. The second kappa shape index (κ2) is 4.85. The topological polar surface area (TPSA) is 49.3 Å². The van der Waals surface area contributed by atoms with Crippen molar-refractivity contribution < 1.29 is 23.1 Å². The van der Waals surface area contributed by atoms with Crippen molar-refractivity contribution >= 4 is 5.97 Å². The average molecular weight is 273 g/mol. The predicted octanol–water partition coefficient (Wildman–Crippen LogP) is 2.22. The number of hydrogen-bond donors (Lipinski definition) is 2. The summed E-state index contributed by atoms with van der Waals surface area (Å²) in [5.41, 5.74) is -2.00. The van der Waals surface area contributed by atoms with Crippen LogP contribution in [0.15, 0.2) is 30.3 Å². The molecule has 2 rings (SSSR count). The molecule has 19 heavy (non-hydrogen) atoms. The maximum atomic E-state index is 13.2. The summed E-state index contributed by atoms with van der Waals surface area (Å²) in [5, 5.41) is 11.8. The van der Waals surface area contributed by atoms with E-state index in [1.807, 2.05) is 0 Å². The Morgan fingerprint density at radius 3 is 2.53 bits per heavy atom. The Morgan fingerprint density at radius 1 is 1.37 bits per heavy atom. The lowest BCUT2D eigenvalue weighted by molar-refractivity contribution is -0.233. The number of carboxylic acid groups (broad SMARTS) is 1. The van der Waals surface area contributed by atoms with Gasteiger partial charge in [-0.25, -0.2) is 0 Å². The summed E-state index contributed by atoms with van der Waals surface area (Å²) < 4.78 is 39.6. The molecule has 1 aliphatic rings. The lowest BCUT2D eigenvalue weighted by Crippen LogP contribution is -2.53. The predicted molar refractivity (Wildman–Crippen MR) is 62.7 cm³/mol. The number of alkyl halides is 3. The normalized spacial score (nSPS) is 27.4. The van der Waals surface area contributed by atoms with Crippen LogP contribution in [0.2, 0.25) is 0 Å². The summed E-state index contributed by atoms with van der Waals surface area (Å²) >= 11 is 0. The van der Waals surface area contributed by atoms with E-state index in [0.29, 0.717) is 5.56 Å². The molecular formula is C13H14F3NO2. The second-order valence-electron chi connectivity index (χ2n) is 4.72. The van der Waals surface area contributed by atoms with E-state index in [2.05, 4.69) is 5.32 Å². The minimum atomic E-state index is -4.76. The monoisotopic (exact) mass is 273 g/mol. The summed E-state index contributed by atoms with van der Waals surface area (Å²) in [5.74, 6) is -1.80. The number of hydrogen-bond acceptors (Lipinski definition) is 2. The maximum Gasteiger partial charge on any atom is 0.406 e. The zero-order valence-electron chi connectivity index (χ0n) is 10.1. The Labute approximate surface area is 108 Å². The number of halogens is 3. The third-order valence-electron chi connectivity index (χ3n) is 3.68. The van der Waals surface area contributed by atoms with Gasteiger partial charge in [-0.3, -0.25) is 4.79 Å². The highest BCUT2D eigenvalue weighted by molar-refractivity contribution is 5.77. The number of nitrogens with one attached hydrogen (secondary N) is 1. The van der Waals surface area contributed by atoms with Gasteiger partial charge in [0.2, 0.25) is 0 Å². The third kappa shape index (κ3) is 2.32. The minimum absolute atomic E-state index is 0.0483. The van der Waals surface area contributed by atoms with E-state index in [1.54, 1.807) is 30.3 Å². The summed E-state index contributed by atoms with van der Waals surface area (Å²) in [6.07, 6.45) is -5.14. The summed E-state index contributed by atoms with van der Waals surface area (Å²) in [7, 11) is 0. The van der Waals surface area contributed by atoms with Gasteiger partial charge in [0, 0.05) is 6.04 Å². The molecule has 0 aromatic heterocycles. The Bertz CT molecular complexity index is 461. The van der Waals surface area contributed by atoms with Gasteiger partial charge in [-0.1, -0.05) is 30.3 Å². The lowest BCUT2D eigenvalue weighted by Gasteiger charge is -2.32. The molecule has 0 radical (unpaired) electrons. The molecule has 0 spiro atoms. The van der Waals surface area contributed by atoms with Crippen molar-refractivity contribution in [3.8, 4) is 0 Å². The molecular weight excluding hydrogens is 259 g/mol. The Hall–Kier alpha value is -1.56. The van der Waals surface area contributed by atoms with Crippen molar-refractivity contribution in [2.24, 2.45) is 5.41 Å². The summed E-state index contributed by atoms with van der Waals surface area (Å²) in [4.78, 5) is 11.2. The maximum absolute atomic E-state index is 13.2. The van der Waals surface area contributed by atoms with E-state index in [-0.39, 0.29) is 13.0 Å². The molecule has 0 amide bonds. The van der Waals surface area contributed by atoms with E-state index in [9.17, 15) is 18.0 Å². The van der Waals surface area contributed by atoms with E-state index in [1.165, 1.54) is 0 Å². The standard InChI is InChI=1S/C13H14F3NO2/c14-13(15,16)12(11(18)19)6-7-17-10(12)8-9-4-2-1-3-5-9/h1-5,10,17H,6-8H2,(H,18,19). The van der Waals surface area contributed by atoms with Crippen LogP contribution >= 0.6 is 0 Å². The van der Waals surface area contributed by atoms with Gasteiger partial charge < -0.3 is 10.4 Å². The molecule has 1 aromatic carbocycles. The number of carbonyl (C=O) groups is 1. The summed E-state index contributed by atoms with van der Waals surface area (Å²) in [6, 6.07) is 7.47. The smallest absolute Gasteiger partial charge is 0.406 e. The van der Waals surface area contributed by atoms with Crippen LogP contribution in [0.3, 0.4) is 0 Å². The molecule has 2 N–H and O–H groups in total. The highest BCUT2D eigenvalue weighted by atomic mass is 19.4. The fraction of sp³-hybridized carbons (Fsp3) is 0.462. The van der Waals surface area contributed by atoms with Crippen LogP contribution < -0.4 is 5.32 Å². The second-order valence-corrected chi connectivity index (χ2v) is 4.72. The van der Waals surface area contributed by atoms with Crippen molar-refractivity contribution in [3.05, 3.63) is 35.9 Å². The number of rotatable bonds is 3. The SMILES string of the molecule is O=C(O)C1(C(F)(F)F)CCNC1Cc1ccccc1. The van der Waals surface area contributed by atoms with Crippen molar-refractivity contribution in [1.29, 1.82) is 0 Å². The lowest BCUT2D eigenvalue weighted by atomic mass is 9.77. The first-order valence-corrected chi connectivity index (χ1v) is 5.95. The van der Waals surface area contributed by atoms with Crippen LogP contribution in [-0.2, 0) is 11.2 Å². The van der Waals surface area contributed by atoms with E-state index in [0.717, 1.165) is 0 Å². The molecule has 1 aliphatic heterocycles. The van der Waals surface area contributed by atoms with Crippen LogP contribution in [0.25, 0.3) is 0 Å². The van der Waals surface area contributed by atoms with Gasteiger partial charge in [0.15, 0.2) is 5.41 Å². The molecule has 0 aliphatic carbocycles. The first kappa shape index (κ1) is 13.9. The fourth-order valence-corrected chi connectivity index (χ4v) is 2.60. The van der Waals surface area contributed by atoms with Crippen LogP contribution in [0.5, 0.6) is 0 Å². The van der Waals surface area contributed by atoms with E-state index < -0.39 is 30.0 Å². The van der Waals surface area contributed by atoms with Crippen molar-refractivity contribution in [1.82, 2.24) is 5.32 Å².